The van der Waals surface area contributed by atoms with Crippen molar-refractivity contribution in [2.75, 3.05) is 0 Å². The van der Waals surface area contributed by atoms with Crippen LogP contribution in [-0.4, -0.2) is 14.5 Å². The normalized spacial score (nSPS) is 12.5. The van der Waals surface area contributed by atoms with E-state index in [0.717, 1.165) is 16.6 Å². The first-order valence-electron chi connectivity index (χ1n) is 6.64. The molecule has 0 aliphatic carbocycles. The number of hydrogen-bond donors (Lipinski definition) is 1. The molecule has 0 radical (unpaired) electrons. The van der Waals surface area contributed by atoms with Gasteiger partial charge in [0.1, 0.15) is 5.75 Å². The highest BCUT2D eigenvalue weighted by Crippen LogP contribution is 2.33. The van der Waals surface area contributed by atoms with E-state index in [4.69, 9.17) is 0 Å². The molecule has 0 amide bonds. The molecule has 0 aliphatic heterocycles. The Morgan fingerprint density at radius 2 is 1.87 bits per heavy atom. The Kier molecular flexibility index (Phi) is 3.51. The van der Waals surface area contributed by atoms with Gasteiger partial charge in [0, 0.05) is 0 Å². The summed E-state index contributed by atoms with van der Waals surface area (Å²) in [5.74, 6) is 0.136. The molecule has 0 atom stereocenters. The largest absolute Gasteiger partial charge is 0.506 e. The Hall–Kier alpha value is -1.70. The van der Waals surface area contributed by atoms with Gasteiger partial charge < -0.3 is 5.11 Å². The number of thiazole rings is 1. The fourth-order valence-electron chi connectivity index (χ4n) is 2.43. The maximum absolute atomic E-state index is 12.7. The highest BCUT2D eigenvalue weighted by molar-refractivity contribution is 9.11. The molecular formula is C16H8Br2N2O2S. The Bertz CT molecular complexity index is 1160. The van der Waals surface area contributed by atoms with E-state index in [0.29, 0.717) is 18.4 Å². The maximum Gasteiger partial charge on any atom is 0.274 e. The van der Waals surface area contributed by atoms with Gasteiger partial charge in [-0.05, 0) is 67.8 Å². The minimum atomic E-state index is -0.0842. The summed E-state index contributed by atoms with van der Waals surface area (Å²) in [6, 6.07) is 11.1. The smallest absolute Gasteiger partial charge is 0.274 e. The molecule has 2 aromatic carbocycles. The molecule has 0 fully saturated rings. The summed E-state index contributed by atoms with van der Waals surface area (Å²) in [4.78, 5) is 17.8. The quantitative estimate of drug-likeness (QED) is 0.480. The zero-order chi connectivity index (χ0) is 16.1. The van der Waals surface area contributed by atoms with Crippen LogP contribution in [-0.2, 0) is 0 Å². The highest BCUT2D eigenvalue weighted by atomic mass is 79.9. The van der Waals surface area contributed by atoms with E-state index in [1.807, 2.05) is 24.3 Å². The Balaban J connectivity index is 1.99. The number of hydrogen-bond acceptors (Lipinski definition) is 4. The van der Waals surface area contributed by atoms with E-state index >= 15 is 0 Å². The van der Waals surface area contributed by atoms with Crippen LogP contribution in [0.2, 0.25) is 0 Å². The minimum absolute atomic E-state index is 0.0842. The van der Waals surface area contributed by atoms with Gasteiger partial charge in [-0.25, -0.2) is 9.38 Å². The Morgan fingerprint density at radius 3 is 2.61 bits per heavy atom. The standard InChI is InChI=1S/C16H8Br2N2O2S/c17-9-5-8(6-10(18)14(9)21)7-13-15(22)20-12-4-2-1-3-11(12)19-16(20)23-13/h1-7,21H/b13-7+. The van der Waals surface area contributed by atoms with Crippen LogP contribution < -0.4 is 10.1 Å². The van der Waals surface area contributed by atoms with Crippen molar-refractivity contribution in [3.63, 3.8) is 0 Å². The van der Waals surface area contributed by atoms with Gasteiger partial charge in [-0.15, -0.1) is 0 Å². The van der Waals surface area contributed by atoms with Crippen molar-refractivity contribution in [2.24, 2.45) is 0 Å². The molecule has 0 saturated carbocycles. The molecule has 7 heteroatoms. The van der Waals surface area contributed by atoms with Crippen LogP contribution in [0.15, 0.2) is 50.1 Å². The third-order valence-corrected chi connectivity index (χ3v) is 5.66. The number of fused-ring (bicyclic) bond motifs is 3. The Morgan fingerprint density at radius 1 is 1.17 bits per heavy atom. The summed E-state index contributed by atoms with van der Waals surface area (Å²) in [6.45, 7) is 0. The van der Waals surface area contributed by atoms with Crippen molar-refractivity contribution in [1.29, 1.82) is 0 Å². The zero-order valence-corrected chi connectivity index (χ0v) is 15.4. The molecule has 2 heterocycles. The lowest BCUT2D eigenvalue weighted by Gasteiger charge is -2.01. The first-order valence-corrected chi connectivity index (χ1v) is 9.04. The highest BCUT2D eigenvalue weighted by Gasteiger charge is 2.11. The third-order valence-electron chi connectivity index (χ3n) is 3.48. The molecule has 0 bridgehead atoms. The van der Waals surface area contributed by atoms with E-state index in [1.54, 1.807) is 22.6 Å². The summed E-state index contributed by atoms with van der Waals surface area (Å²) >= 11 is 7.94. The predicted octanol–water partition coefficient (Wildman–Crippen LogP) is 3.69. The number of imidazole rings is 1. The van der Waals surface area contributed by atoms with Crippen LogP contribution in [0, 0.1) is 0 Å². The zero-order valence-electron chi connectivity index (χ0n) is 11.5. The van der Waals surface area contributed by atoms with Crippen LogP contribution in [0.4, 0.5) is 0 Å². The second kappa shape index (κ2) is 5.43. The lowest BCUT2D eigenvalue weighted by atomic mass is 10.2. The average molecular weight is 452 g/mol. The molecule has 23 heavy (non-hydrogen) atoms. The number of phenolic OH excluding ortho intramolecular Hbond substituents is 1. The van der Waals surface area contributed by atoms with Gasteiger partial charge in [0.05, 0.1) is 24.5 Å². The number of halogens is 2. The summed E-state index contributed by atoms with van der Waals surface area (Å²) < 4.78 is 3.37. The number of para-hydroxylation sites is 2. The van der Waals surface area contributed by atoms with Gasteiger partial charge in [-0.3, -0.25) is 4.79 Å². The summed E-state index contributed by atoms with van der Waals surface area (Å²) in [7, 11) is 0. The second-order valence-electron chi connectivity index (χ2n) is 4.97. The second-order valence-corrected chi connectivity index (χ2v) is 7.69. The molecule has 4 aromatic rings. The van der Waals surface area contributed by atoms with Gasteiger partial charge in [-0.2, -0.15) is 0 Å². The molecule has 114 valence electrons. The van der Waals surface area contributed by atoms with E-state index < -0.39 is 0 Å². The average Bonchev–Trinajstić information content (AvgIpc) is 3.02. The van der Waals surface area contributed by atoms with E-state index in [2.05, 4.69) is 36.8 Å². The van der Waals surface area contributed by atoms with Crippen molar-refractivity contribution in [2.45, 2.75) is 0 Å². The lowest BCUT2D eigenvalue weighted by molar-refractivity contribution is 0.468. The number of aromatic nitrogens is 2. The minimum Gasteiger partial charge on any atom is -0.506 e. The molecule has 0 saturated heterocycles. The van der Waals surface area contributed by atoms with Crippen molar-refractivity contribution in [1.82, 2.24) is 9.38 Å². The van der Waals surface area contributed by atoms with Crippen molar-refractivity contribution < 1.29 is 5.11 Å². The van der Waals surface area contributed by atoms with E-state index in [1.165, 1.54) is 11.3 Å². The van der Waals surface area contributed by atoms with Crippen molar-refractivity contribution in [3.8, 4) is 5.75 Å². The van der Waals surface area contributed by atoms with Gasteiger partial charge in [0.25, 0.3) is 5.56 Å². The van der Waals surface area contributed by atoms with Crippen LogP contribution in [0.25, 0.3) is 22.1 Å². The third kappa shape index (κ3) is 2.39. The molecule has 4 rings (SSSR count). The molecule has 0 aliphatic rings. The fraction of sp³-hybridized carbons (Fsp3) is 0. The fourth-order valence-corrected chi connectivity index (χ4v) is 4.64. The number of nitrogens with zero attached hydrogens (tertiary/aromatic N) is 2. The van der Waals surface area contributed by atoms with Crippen molar-refractivity contribution in [3.05, 3.63) is 65.8 Å². The SMILES string of the molecule is O=c1/c(=C\c2cc(Br)c(O)c(Br)c2)sc2nc3ccccc3n12. The molecule has 4 nitrogen and oxygen atoms in total. The topological polar surface area (TPSA) is 54.6 Å². The Labute approximate surface area is 151 Å². The first kappa shape index (κ1) is 14.9. The molecule has 1 N–H and O–H groups in total. The van der Waals surface area contributed by atoms with E-state index in [9.17, 15) is 9.90 Å². The monoisotopic (exact) mass is 450 g/mol. The summed E-state index contributed by atoms with van der Waals surface area (Å²) in [5.41, 5.74) is 2.36. The van der Waals surface area contributed by atoms with Gasteiger partial charge in [0.15, 0.2) is 4.96 Å². The number of phenols is 1. The number of aromatic hydroxyl groups is 1. The molecule has 0 spiro atoms. The van der Waals surface area contributed by atoms with Crippen LogP contribution in [0.5, 0.6) is 5.75 Å². The van der Waals surface area contributed by atoms with Crippen molar-refractivity contribution >= 4 is 65.3 Å². The van der Waals surface area contributed by atoms with Crippen LogP contribution in [0.3, 0.4) is 0 Å². The molecule has 2 aromatic heterocycles. The molecular weight excluding hydrogens is 444 g/mol. The van der Waals surface area contributed by atoms with Gasteiger partial charge in [0.2, 0.25) is 0 Å². The maximum atomic E-state index is 12.7. The van der Waals surface area contributed by atoms with E-state index in [-0.39, 0.29) is 11.3 Å². The van der Waals surface area contributed by atoms with Crippen LogP contribution >= 0.6 is 43.2 Å². The molecule has 0 unspecified atom stereocenters. The number of rotatable bonds is 1. The first-order chi connectivity index (χ1) is 11.0. The summed E-state index contributed by atoms with van der Waals surface area (Å²) in [5, 5.41) is 9.77. The lowest BCUT2D eigenvalue weighted by Crippen LogP contribution is -2.22. The number of benzene rings is 2. The van der Waals surface area contributed by atoms with Crippen LogP contribution in [0.1, 0.15) is 5.56 Å². The summed E-state index contributed by atoms with van der Waals surface area (Å²) in [6.07, 6.45) is 1.80. The van der Waals surface area contributed by atoms with Gasteiger partial charge in [-0.1, -0.05) is 23.5 Å². The van der Waals surface area contributed by atoms with Gasteiger partial charge >= 0.3 is 0 Å². The predicted molar refractivity (Wildman–Crippen MR) is 99.1 cm³/mol.